The van der Waals surface area contributed by atoms with Gasteiger partial charge in [0, 0.05) is 44.9 Å². The average Bonchev–Trinajstić information content (AvgIpc) is 3.14. The Hall–Kier alpha value is -1.85. The molecule has 3 aliphatic rings. The zero-order valence-electron chi connectivity index (χ0n) is 13.9. The molecule has 2 saturated heterocycles. The van der Waals surface area contributed by atoms with E-state index < -0.39 is 0 Å². The highest BCUT2D eigenvalue weighted by Crippen LogP contribution is 2.26. The van der Waals surface area contributed by atoms with Crippen molar-refractivity contribution in [1.82, 2.24) is 9.80 Å². The lowest BCUT2D eigenvalue weighted by Gasteiger charge is -2.36. The van der Waals surface area contributed by atoms with Crippen LogP contribution < -0.4 is 4.74 Å². The summed E-state index contributed by atoms with van der Waals surface area (Å²) < 4.78 is 11.4. The van der Waals surface area contributed by atoms with Gasteiger partial charge in [-0.3, -0.25) is 9.69 Å². The summed E-state index contributed by atoms with van der Waals surface area (Å²) in [6, 6.07) is 7.85. The topological polar surface area (TPSA) is 42.0 Å². The molecule has 5 nitrogen and oxygen atoms in total. The lowest BCUT2D eigenvalue weighted by atomic mass is 10.1. The normalized spacial score (nSPS) is 24.2. The molecule has 1 aromatic carbocycles. The maximum absolute atomic E-state index is 12.7. The summed E-state index contributed by atoms with van der Waals surface area (Å²) in [4.78, 5) is 17.1. The molecule has 24 heavy (non-hydrogen) atoms. The summed E-state index contributed by atoms with van der Waals surface area (Å²) in [7, 11) is 0. The fraction of sp³-hybridized carbons (Fsp3) is 0.526. The number of fused-ring (bicyclic) bond motifs is 1. The van der Waals surface area contributed by atoms with E-state index >= 15 is 0 Å². The van der Waals surface area contributed by atoms with Gasteiger partial charge in [0.05, 0.1) is 11.7 Å². The molecule has 1 aromatic rings. The minimum atomic E-state index is 0.112. The molecule has 1 amide bonds. The van der Waals surface area contributed by atoms with E-state index in [1.54, 1.807) is 0 Å². The summed E-state index contributed by atoms with van der Waals surface area (Å²) in [5.74, 6) is 0.969. The van der Waals surface area contributed by atoms with E-state index in [1.807, 2.05) is 35.2 Å². The molecule has 4 rings (SSSR count). The first-order valence-electron chi connectivity index (χ1n) is 8.85. The fourth-order valence-corrected chi connectivity index (χ4v) is 3.65. The highest BCUT2D eigenvalue weighted by molar-refractivity contribution is 5.99. The van der Waals surface area contributed by atoms with Crippen LogP contribution in [0.2, 0.25) is 0 Å². The van der Waals surface area contributed by atoms with Crippen molar-refractivity contribution in [1.29, 1.82) is 0 Å². The van der Waals surface area contributed by atoms with Gasteiger partial charge in [-0.05, 0) is 25.0 Å². The molecule has 3 heterocycles. The van der Waals surface area contributed by atoms with Gasteiger partial charge >= 0.3 is 0 Å². The molecule has 0 aliphatic carbocycles. The molecule has 3 aliphatic heterocycles. The fourth-order valence-electron chi connectivity index (χ4n) is 3.65. The first-order chi connectivity index (χ1) is 11.8. The van der Waals surface area contributed by atoms with Crippen LogP contribution in [0.3, 0.4) is 0 Å². The summed E-state index contributed by atoms with van der Waals surface area (Å²) >= 11 is 0. The van der Waals surface area contributed by atoms with Crippen LogP contribution in [-0.4, -0.2) is 67.7 Å². The number of hydrogen-bond donors (Lipinski definition) is 0. The van der Waals surface area contributed by atoms with E-state index in [9.17, 15) is 4.79 Å². The van der Waals surface area contributed by atoms with Crippen molar-refractivity contribution in [3.63, 3.8) is 0 Å². The molecule has 1 unspecified atom stereocenters. The number of para-hydroxylation sites is 1. The van der Waals surface area contributed by atoms with Gasteiger partial charge in [-0.25, -0.2) is 0 Å². The third-order valence-electron chi connectivity index (χ3n) is 5.05. The quantitative estimate of drug-likeness (QED) is 0.848. The molecule has 2 fully saturated rings. The highest BCUT2D eigenvalue weighted by Gasteiger charge is 2.27. The number of piperazine rings is 1. The van der Waals surface area contributed by atoms with Crippen LogP contribution in [0, 0.1) is 0 Å². The average molecular weight is 328 g/mol. The number of nitrogens with zero attached hydrogens (tertiary/aromatic N) is 2. The van der Waals surface area contributed by atoms with Gasteiger partial charge in [-0.15, -0.1) is 0 Å². The van der Waals surface area contributed by atoms with Crippen molar-refractivity contribution in [3.8, 4) is 5.75 Å². The minimum absolute atomic E-state index is 0.112. The number of carbonyl (C=O) groups is 1. The summed E-state index contributed by atoms with van der Waals surface area (Å²) in [6.45, 7) is 5.69. The van der Waals surface area contributed by atoms with E-state index in [2.05, 4.69) is 4.90 Å². The zero-order chi connectivity index (χ0) is 16.4. The number of amides is 1. The molecule has 0 spiro atoms. The molecule has 0 N–H and O–H groups in total. The number of benzene rings is 1. The standard InChI is InChI=1S/C19H24N2O3/c22-19(16-12-15-4-1-2-6-18(15)24-14-16)21-9-7-20(8-10-21)13-17-5-3-11-23-17/h1-2,4,6,12,17H,3,5,7-11,13-14H2. The van der Waals surface area contributed by atoms with E-state index in [-0.39, 0.29) is 5.91 Å². The Morgan fingerprint density at radius 2 is 2.00 bits per heavy atom. The van der Waals surface area contributed by atoms with Gasteiger partial charge < -0.3 is 14.4 Å². The van der Waals surface area contributed by atoms with Crippen LogP contribution >= 0.6 is 0 Å². The van der Waals surface area contributed by atoms with Crippen molar-refractivity contribution < 1.29 is 14.3 Å². The maximum atomic E-state index is 12.7. The first-order valence-corrected chi connectivity index (χ1v) is 8.85. The Labute approximate surface area is 142 Å². The Morgan fingerprint density at radius 3 is 2.79 bits per heavy atom. The van der Waals surface area contributed by atoms with Crippen molar-refractivity contribution in [2.75, 3.05) is 45.9 Å². The molecular formula is C19H24N2O3. The monoisotopic (exact) mass is 328 g/mol. The third kappa shape index (κ3) is 3.32. The van der Waals surface area contributed by atoms with E-state index in [0.29, 0.717) is 12.7 Å². The van der Waals surface area contributed by atoms with Gasteiger partial charge in [0.2, 0.25) is 0 Å². The highest BCUT2D eigenvalue weighted by atomic mass is 16.5. The molecule has 5 heteroatoms. The van der Waals surface area contributed by atoms with Gasteiger partial charge in [0.15, 0.2) is 0 Å². The predicted octanol–water partition coefficient (Wildman–Crippen LogP) is 1.79. The van der Waals surface area contributed by atoms with Crippen LogP contribution in [0.15, 0.2) is 29.8 Å². The Morgan fingerprint density at radius 1 is 1.17 bits per heavy atom. The zero-order valence-corrected chi connectivity index (χ0v) is 13.9. The predicted molar refractivity (Wildman–Crippen MR) is 91.9 cm³/mol. The van der Waals surface area contributed by atoms with Crippen molar-refractivity contribution in [2.24, 2.45) is 0 Å². The summed E-state index contributed by atoms with van der Waals surface area (Å²) in [5, 5.41) is 0. The Kier molecular flexibility index (Phi) is 4.54. The molecule has 0 bridgehead atoms. The van der Waals surface area contributed by atoms with Crippen molar-refractivity contribution >= 4 is 12.0 Å². The SMILES string of the molecule is O=C(C1=Cc2ccccc2OC1)N1CCN(CC2CCCO2)CC1. The van der Waals surface area contributed by atoms with Crippen LogP contribution in [0.4, 0.5) is 0 Å². The minimum Gasteiger partial charge on any atom is -0.488 e. The number of ether oxygens (including phenoxy) is 2. The van der Waals surface area contributed by atoms with Crippen LogP contribution in [0.1, 0.15) is 18.4 Å². The number of rotatable bonds is 3. The summed E-state index contributed by atoms with van der Waals surface area (Å²) in [6.07, 6.45) is 4.71. The van der Waals surface area contributed by atoms with Gasteiger partial charge in [0.1, 0.15) is 12.4 Å². The van der Waals surface area contributed by atoms with Crippen LogP contribution in [0.25, 0.3) is 6.08 Å². The lowest BCUT2D eigenvalue weighted by Crippen LogP contribution is -2.51. The Bertz CT molecular complexity index is 629. The molecular weight excluding hydrogens is 304 g/mol. The van der Waals surface area contributed by atoms with Crippen molar-refractivity contribution in [3.05, 3.63) is 35.4 Å². The van der Waals surface area contributed by atoms with Crippen LogP contribution in [-0.2, 0) is 9.53 Å². The maximum Gasteiger partial charge on any atom is 0.253 e. The van der Waals surface area contributed by atoms with Crippen LogP contribution in [0.5, 0.6) is 5.75 Å². The molecule has 128 valence electrons. The Balaban J connectivity index is 1.34. The van der Waals surface area contributed by atoms with E-state index in [0.717, 1.165) is 56.2 Å². The number of hydrogen-bond acceptors (Lipinski definition) is 4. The molecule has 0 radical (unpaired) electrons. The molecule has 0 aromatic heterocycles. The smallest absolute Gasteiger partial charge is 0.253 e. The van der Waals surface area contributed by atoms with Gasteiger partial charge in [-0.2, -0.15) is 0 Å². The second-order valence-corrected chi connectivity index (χ2v) is 6.72. The molecule has 1 atom stereocenters. The van der Waals surface area contributed by atoms with Crippen molar-refractivity contribution in [2.45, 2.75) is 18.9 Å². The second-order valence-electron chi connectivity index (χ2n) is 6.72. The van der Waals surface area contributed by atoms with E-state index in [4.69, 9.17) is 9.47 Å². The third-order valence-corrected chi connectivity index (χ3v) is 5.05. The summed E-state index contributed by atoms with van der Waals surface area (Å²) in [5.41, 5.74) is 1.74. The first kappa shape index (κ1) is 15.7. The lowest BCUT2D eigenvalue weighted by molar-refractivity contribution is -0.129. The van der Waals surface area contributed by atoms with Gasteiger partial charge in [-0.1, -0.05) is 18.2 Å². The second kappa shape index (κ2) is 6.95. The number of carbonyl (C=O) groups excluding carboxylic acids is 1. The van der Waals surface area contributed by atoms with E-state index in [1.165, 1.54) is 12.8 Å². The molecule has 0 saturated carbocycles. The largest absolute Gasteiger partial charge is 0.488 e. The van der Waals surface area contributed by atoms with Gasteiger partial charge in [0.25, 0.3) is 5.91 Å².